The van der Waals surface area contributed by atoms with E-state index in [-0.39, 0.29) is 5.97 Å². The molecule has 0 bridgehead atoms. The predicted molar refractivity (Wildman–Crippen MR) is 180 cm³/mol. The number of methoxy groups -OCH3 is 1. The molecule has 1 aliphatic rings. The number of benzene rings is 1. The smallest absolute Gasteiger partial charge is 0.305 e. The summed E-state index contributed by atoms with van der Waals surface area (Å²) in [5.41, 5.74) is 7.90. The minimum atomic E-state index is -0.143. The second kappa shape index (κ2) is 23.2. The zero-order chi connectivity index (χ0) is 31.3. The molecule has 0 aliphatic heterocycles. The number of pyridine rings is 1. The second-order valence-corrected chi connectivity index (χ2v) is 9.88. The van der Waals surface area contributed by atoms with Crippen molar-refractivity contribution in [2.45, 2.75) is 102 Å². The number of hydrogen-bond donors (Lipinski definition) is 0. The maximum absolute atomic E-state index is 11.1. The third-order valence-electron chi connectivity index (χ3n) is 6.33. The van der Waals surface area contributed by atoms with Crippen LogP contribution < -0.4 is 0 Å². The summed E-state index contributed by atoms with van der Waals surface area (Å²) in [6.07, 6.45) is 5.69. The number of rotatable bonds is 8. The molecule has 0 spiro atoms. The molecular weight excluding hydrogens is 560 g/mol. The first kappa shape index (κ1) is 39.6. The summed E-state index contributed by atoms with van der Waals surface area (Å²) in [5.74, 6) is 0.953. The van der Waals surface area contributed by atoms with E-state index in [4.69, 9.17) is 0 Å². The van der Waals surface area contributed by atoms with Crippen molar-refractivity contribution in [2.75, 3.05) is 7.11 Å². The van der Waals surface area contributed by atoms with Crippen LogP contribution in [-0.2, 0) is 9.53 Å². The highest BCUT2D eigenvalue weighted by molar-refractivity contribution is 9.10. The van der Waals surface area contributed by atoms with Gasteiger partial charge in [-0.05, 0) is 99.8 Å². The standard InChI is InChI=1S/C15H25NO2.C14H12BrN.3C2H6/c1-10(6-9-15(17)18-5)12(3)16-13(4)11(2)14-7-8-14;1-10-6-7-12(15)9-13(10)11(2)14-5-3-4-8-16-14;3*1-2/h10,14H,6-9H2,1-5H3;3-9H,2H2,1H3;3*1-2H3/b13-11+,16-12?;;;;/t10-;;;;/m0..../s1. The third-order valence-corrected chi connectivity index (χ3v) is 6.82. The minimum absolute atomic E-state index is 0.143. The lowest BCUT2D eigenvalue weighted by Crippen LogP contribution is -2.11. The van der Waals surface area contributed by atoms with Crippen LogP contribution in [0.5, 0.6) is 0 Å². The van der Waals surface area contributed by atoms with Crippen molar-refractivity contribution in [2.24, 2.45) is 16.8 Å². The maximum atomic E-state index is 11.1. The Labute approximate surface area is 254 Å². The maximum Gasteiger partial charge on any atom is 0.305 e. The Morgan fingerprint density at radius 2 is 1.68 bits per heavy atom. The molecule has 1 aromatic heterocycles. The Hall–Kier alpha value is -2.53. The summed E-state index contributed by atoms with van der Waals surface area (Å²) in [6, 6.07) is 12.0. The number of allylic oxidation sites excluding steroid dienone is 2. The van der Waals surface area contributed by atoms with Crippen LogP contribution in [0.3, 0.4) is 0 Å². The minimum Gasteiger partial charge on any atom is -0.469 e. The molecule has 1 saturated carbocycles. The van der Waals surface area contributed by atoms with Gasteiger partial charge < -0.3 is 4.74 Å². The van der Waals surface area contributed by atoms with Crippen molar-refractivity contribution in [3.8, 4) is 0 Å². The van der Waals surface area contributed by atoms with Gasteiger partial charge in [-0.1, -0.05) is 83.1 Å². The van der Waals surface area contributed by atoms with Crippen LogP contribution in [0.2, 0.25) is 0 Å². The number of ether oxygens (including phenoxy) is 1. The van der Waals surface area contributed by atoms with E-state index in [2.05, 4.69) is 77.0 Å². The van der Waals surface area contributed by atoms with E-state index in [1.165, 1.54) is 31.1 Å². The van der Waals surface area contributed by atoms with E-state index in [9.17, 15) is 4.79 Å². The van der Waals surface area contributed by atoms with Gasteiger partial charge in [0.1, 0.15) is 0 Å². The lowest BCUT2D eigenvalue weighted by atomic mass is 9.99. The molecular formula is C35H55BrN2O2. The van der Waals surface area contributed by atoms with Crippen molar-refractivity contribution < 1.29 is 9.53 Å². The molecule has 0 saturated heterocycles. The molecule has 1 atom stereocenters. The topological polar surface area (TPSA) is 51.5 Å². The van der Waals surface area contributed by atoms with Crippen LogP contribution in [0.4, 0.5) is 0 Å². The number of carbonyl (C=O) groups is 1. The average Bonchev–Trinajstić information content (AvgIpc) is 3.85. The molecule has 40 heavy (non-hydrogen) atoms. The van der Waals surface area contributed by atoms with E-state index in [1.54, 1.807) is 6.20 Å². The summed E-state index contributed by atoms with van der Waals surface area (Å²) in [6.45, 7) is 26.6. The van der Waals surface area contributed by atoms with Crippen LogP contribution in [0.1, 0.15) is 112 Å². The van der Waals surface area contributed by atoms with E-state index in [0.717, 1.165) is 45.1 Å². The summed E-state index contributed by atoms with van der Waals surface area (Å²) >= 11 is 3.48. The molecule has 0 radical (unpaired) electrons. The number of esters is 1. The Bertz CT molecular complexity index is 1050. The Balaban J connectivity index is 0. The molecule has 5 heteroatoms. The highest BCUT2D eigenvalue weighted by Gasteiger charge is 2.24. The van der Waals surface area contributed by atoms with Gasteiger partial charge in [0.25, 0.3) is 0 Å². The lowest BCUT2D eigenvalue weighted by molar-refractivity contribution is -0.140. The first-order valence-electron chi connectivity index (χ1n) is 14.8. The van der Waals surface area contributed by atoms with Crippen LogP contribution in [0, 0.1) is 18.8 Å². The first-order valence-corrected chi connectivity index (χ1v) is 15.6. The molecule has 224 valence electrons. The Morgan fingerprint density at radius 3 is 2.17 bits per heavy atom. The quantitative estimate of drug-likeness (QED) is 0.219. The van der Waals surface area contributed by atoms with Gasteiger partial charge >= 0.3 is 5.97 Å². The lowest BCUT2D eigenvalue weighted by Gasteiger charge is -2.11. The van der Waals surface area contributed by atoms with Crippen LogP contribution in [0.25, 0.3) is 5.57 Å². The van der Waals surface area contributed by atoms with Crippen LogP contribution in [0.15, 0.2) is 69.9 Å². The number of hydrogen-bond acceptors (Lipinski definition) is 4. The molecule has 1 aromatic carbocycles. The summed E-state index contributed by atoms with van der Waals surface area (Å²) < 4.78 is 5.71. The number of aryl methyl sites for hydroxylation is 1. The van der Waals surface area contributed by atoms with Gasteiger partial charge in [-0.25, -0.2) is 0 Å². The summed E-state index contributed by atoms with van der Waals surface area (Å²) in [4.78, 5) is 20.1. The highest BCUT2D eigenvalue weighted by Crippen LogP contribution is 2.37. The fourth-order valence-corrected chi connectivity index (χ4v) is 3.88. The molecule has 0 N–H and O–H groups in total. The van der Waals surface area contributed by atoms with Crippen LogP contribution >= 0.6 is 15.9 Å². The first-order chi connectivity index (χ1) is 19.1. The third kappa shape index (κ3) is 15.3. The molecule has 1 fully saturated rings. The monoisotopic (exact) mass is 614 g/mol. The van der Waals surface area contributed by atoms with Gasteiger partial charge in [0, 0.05) is 34.1 Å². The second-order valence-electron chi connectivity index (χ2n) is 8.96. The van der Waals surface area contributed by atoms with E-state index >= 15 is 0 Å². The molecule has 0 amide bonds. The fraction of sp³-hybridized carbons (Fsp3) is 0.514. The highest BCUT2D eigenvalue weighted by atomic mass is 79.9. The van der Waals surface area contributed by atoms with E-state index < -0.39 is 0 Å². The SMILES string of the molecule is C=C(c1ccccn1)c1cc(Br)ccc1C.CC.CC.CC.COC(=O)CC[C@H](C)C(C)=N/C(C)=C(\C)C1CC1. The van der Waals surface area contributed by atoms with Crippen molar-refractivity contribution in [3.63, 3.8) is 0 Å². The van der Waals surface area contributed by atoms with E-state index in [1.807, 2.05) is 72.7 Å². The number of aliphatic imine (C=N–C) groups is 1. The van der Waals surface area contributed by atoms with Crippen molar-refractivity contribution in [1.82, 2.24) is 4.98 Å². The fourth-order valence-electron chi connectivity index (χ4n) is 3.52. The summed E-state index contributed by atoms with van der Waals surface area (Å²) in [7, 11) is 1.43. The molecule has 3 rings (SSSR count). The molecule has 2 aromatic rings. The Kier molecular flexibility index (Phi) is 23.0. The zero-order valence-corrected chi connectivity index (χ0v) is 28.9. The van der Waals surface area contributed by atoms with Gasteiger partial charge in [0.05, 0.1) is 12.8 Å². The van der Waals surface area contributed by atoms with Gasteiger partial charge in [-0.3, -0.25) is 14.8 Å². The van der Waals surface area contributed by atoms with Gasteiger partial charge in [-0.2, -0.15) is 0 Å². The summed E-state index contributed by atoms with van der Waals surface area (Å²) in [5, 5.41) is 0. The van der Waals surface area contributed by atoms with Gasteiger partial charge in [-0.15, -0.1) is 0 Å². The zero-order valence-electron chi connectivity index (χ0n) is 27.3. The average molecular weight is 616 g/mol. The molecule has 1 aliphatic carbocycles. The van der Waals surface area contributed by atoms with E-state index in [0.29, 0.717) is 12.3 Å². The number of nitrogens with zero attached hydrogens (tertiary/aromatic N) is 2. The normalized spacial score (nSPS) is 13.2. The van der Waals surface area contributed by atoms with Crippen LogP contribution in [-0.4, -0.2) is 23.8 Å². The van der Waals surface area contributed by atoms with Crippen molar-refractivity contribution in [1.29, 1.82) is 0 Å². The molecule has 1 heterocycles. The van der Waals surface area contributed by atoms with Gasteiger partial charge in [0.2, 0.25) is 0 Å². The number of aromatic nitrogens is 1. The largest absolute Gasteiger partial charge is 0.469 e. The van der Waals surface area contributed by atoms with Gasteiger partial charge in [0.15, 0.2) is 0 Å². The molecule has 0 unspecified atom stereocenters. The Morgan fingerprint density at radius 1 is 1.07 bits per heavy atom. The predicted octanol–water partition coefficient (Wildman–Crippen LogP) is 11.0. The van der Waals surface area contributed by atoms with Crippen molar-refractivity contribution in [3.05, 3.63) is 81.7 Å². The molecule has 4 nitrogen and oxygen atoms in total. The number of halogens is 1. The number of carbonyl (C=O) groups excluding carboxylic acids is 1. The van der Waals surface area contributed by atoms with Crippen molar-refractivity contribution >= 4 is 33.2 Å².